The Labute approximate surface area is 139 Å². The summed E-state index contributed by atoms with van der Waals surface area (Å²) < 4.78 is 77.8. The van der Waals surface area contributed by atoms with Gasteiger partial charge in [-0.2, -0.15) is 26.3 Å². The number of carbonyl (C=O) groups excluding carboxylic acids is 1. The lowest BCUT2D eigenvalue weighted by molar-refractivity contribution is -0.143. The van der Waals surface area contributed by atoms with Crippen LogP contribution in [0.2, 0.25) is 0 Å². The molecule has 1 aromatic rings. The van der Waals surface area contributed by atoms with Crippen LogP contribution in [-0.4, -0.2) is 24.5 Å². The Kier molecular flexibility index (Phi) is 4.23. The average molecular weight is 367 g/mol. The molecule has 2 aliphatic rings. The van der Waals surface area contributed by atoms with Gasteiger partial charge in [-0.05, 0) is 49.7 Å². The van der Waals surface area contributed by atoms with Gasteiger partial charge >= 0.3 is 12.4 Å². The molecule has 0 bridgehead atoms. The van der Waals surface area contributed by atoms with Crippen LogP contribution in [0.4, 0.5) is 26.3 Å². The standard InChI is InChI=1S/C15H15F6N3O/c16-14(17,18)9-5-8(6-10(7-9)15(19,20)21)11-23-12(25)13(24-11)1-3-22-4-2-13/h5-7,11,22,24H,1-4H2,(H,23,25). The lowest BCUT2D eigenvalue weighted by atomic mass is 9.88. The molecule has 2 heterocycles. The second-order valence-corrected chi connectivity index (χ2v) is 6.22. The van der Waals surface area contributed by atoms with Gasteiger partial charge in [-0.1, -0.05) is 0 Å². The number of piperidine rings is 1. The average Bonchev–Trinajstić information content (AvgIpc) is 2.82. The fourth-order valence-electron chi connectivity index (χ4n) is 3.18. The number of amides is 1. The fourth-order valence-corrected chi connectivity index (χ4v) is 3.18. The van der Waals surface area contributed by atoms with E-state index in [0.29, 0.717) is 38.1 Å². The molecule has 1 atom stereocenters. The first-order valence-electron chi connectivity index (χ1n) is 7.60. The zero-order valence-electron chi connectivity index (χ0n) is 12.8. The molecule has 1 amide bonds. The monoisotopic (exact) mass is 367 g/mol. The van der Waals surface area contributed by atoms with E-state index in [-0.39, 0.29) is 11.6 Å². The predicted octanol–water partition coefficient (Wildman–Crippen LogP) is 2.56. The van der Waals surface area contributed by atoms with Crippen molar-refractivity contribution in [1.29, 1.82) is 0 Å². The van der Waals surface area contributed by atoms with Crippen molar-refractivity contribution < 1.29 is 31.1 Å². The molecule has 1 spiro atoms. The predicted molar refractivity (Wildman–Crippen MR) is 75.3 cm³/mol. The van der Waals surface area contributed by atoms with Gasteiger partial charge in [0.2, 0.25) is 5.91 Å². The van der Waals surface area contributed by atoms with Crippen molar-refractivity contribution in [1.82, 2.24) is 16.0 Å². The minimum absolute atomic E-state index is 0.0700. The zero-order chi connectivity index (χ0) is 18.5. The molecule has 25 heavy (non-hydrogen) atoms. The van der Waals surface area contributed by atoms with Crippen LogP contribution in [0.5, 0.6) is 0 Å². The maximum atomic E-state index is 13.0. The lowest BCUT2D eigenvalue weighted by Gasteiger charge is -2.31. The van der Waals surface area contributed by atoms with Crippen LogP contribution in [0, 0.1) is 0 Å². The lowest BCUT2D eigenvalue weighted by Crippen LogP contribution is -2.53. The van der Waals surface area contributed by atoms with Crippen LogP contribution in [0.15, 0.2) is 18.2 Å². The smallest absolute Gasteiger partial charge is 0.335 e. The van der Waals surface area contributed by atoms with Gasteiger partial charge in [0.15, 0.2) is 0 Å². The molecule has 138 valence electrons. The van der Waals surface area contributed by atoms with Crippen molar-refractivity contribution in [3.63, 3.8) is 0 Å². The van der Waals surface area contributed by atoms with Crippen LogP contribution in [0.25, 0.3) is 0 Å². The summed E-state index contributed by atoms with van der Waals surface area (Å²) in [6.07, 6.45) is -10.1. The minimum atomic E-state index is -4.93. The van der Waals surface area contributed by atoms with Gasteiger partial charge in [-0.25, -0.2) is 0 Å². The third-order valence-corrected chi connectivity index (χ3v) is 4.53. The Morgan fingerprint density at radius 2 is 1.44 bits per heavy atom. The van der Waals surface area contributed by atoms with Crippen molar-refractivity contribution in [2.75, 3.05) is 13.1 Å². The summed E-state index contributed by atoms with van der Waals surface area (Å²) in [7, 11) is 0. The first kappa shape index (κ1) is 18.0. The maximum absolute atomic E-state index is 13.0. The Morgan fingerprint density at radius 3 is 1.92 bits per heavy atom. The number of rotatable bonds is 1. The molecule has 0 radical (unpaired) electrons. The molecule has 2 aliphatic heterocycles. The largest absolute Gasteiger partial charge is 0.416 e. The summed E-state index contributed by atoms with van der Waals surface area (Å²) in [5, 5.41) is 8.42. The van der Waals surface area contributed by atoms with Crippen molar-refractivity contribution in [2.45, 2.75) is 36.9 Å². The molecule has 0 aromatic heterocycles. The summed E-state index contributed by atoms with van der Waals surface area (Å²) in [5.41, 5.74) is -4.05. The highest BCUT2D eigenvalue weighted by Gasteiger charge is 2.48. The van der Waals surface area contributed by atoms with Crippen molar-refractivity contribution >= 4 is 5.91 Å². The number of nitrogens with one attached hydrogen (secondary N) is 3. The fraction of sp³-hybridized carbons (Fsp3) is 0.533. The van der Waals surface area contributed by atoms with Gasteiger partial charge in [0.25, 0.3) is 0 Å². The number of carbonyl (C=O) groups is 1. The van der Waals surface area contributed by atoms with Gasteiger partial charge in [0.1, 0.15) is 11.7 Å². The molecular weight excluding hydrogens is 352 g/mol. The number of benzene rings is 1. The Bertz CT molecular complexity index is 647. The van der Waals surface area contributed by atoms with E-state index in [4.69, 9.17) is 0 Å². The topological polar surface area (TPSA) is 53.2 Å². The number of hydrogen-bond acceptors (Lipinski definition) is 3. The zero-order valence-corrected chi connectivity index (χ0v) is 12.8. The second-order valence-electron chi connectivity index (χ2n) is 6.22. The molecule has 0 aliphatic carbocycles. The normalized spacial score (nSPS) is 23.8. The van der Waals surface area contributed by atoms with Gasteiger partial charge < -0.3 is 10.6 Å². The van der Waals surface area contributed by atoms with Crippen molar-refractivity contribution in [3.8, 4) is 0 Å². The van der Waals surface area contributed by atoms with E-state index in [1.807, 2.05) is 0 Å². The van der Waals surface area contributed by atoms with E-state index in [1.54, 1.807) is 0 Å². The minimum Gasteiger partial charge on any atom is -0.335 e. The SMILES string of the molecule is O=C1NC(c2cc(C(F)(F)F)cc(C(F)(F)F)c2)NC12CCNCC2. The highest BCUT2D eigenvalue weighted by Crippen LogP contribution is 2.38. The van der Waals surface area contributed by atoms with E-state index in [0.717, 1.165) is 0 Å². The number of alkyl halides is 6. The molecule has 3 N–H and O–H groups in total. The van der Waals surface area contributed by atoms with E-state index in [2.05, 4.69) is 16.0 Å². The summed E-state index contributed by atoms with van der Waals surface area (Å²) in [5.74, 6) is -0.412. The van der Waals surface area contributed by atoms with Gasteiger partial charge in [0, 0.05) is 0 Å². The third-order valence-electron chi connectivity index (χ3n) is 4.53. The summed E-state index contributed by atoms with van der Waals surface area (Å²) >= 11 is 0. The van der Waals surface area contributed by atoms with Crippen molar-refractivity contribution in [3.05, 3.63) is 34.9 Å². The van der Waals surface area contributed by atoms with E-state index in [9.17, 15) is 31.1 Å². The van der Waals surface area contributed by atoms with Crippen molar-refractivity contribution in [2.24, 2.45) is 0 Å². The molecule has 4 nitrogen and oxygen atoms in total. The molecule has 0 saturated carbocycles. The van der Waals surface area contributed by atoms with Crippen LogP contribution in [0.1, 0.15) is 35.7 Å². The number of hydrogen-bond donors (Lipinski definition) is 3. The molecule has 3 rings (SSSR count). The van der Waals surface area contributed by atoms with Crippen LogP contribution in [-0.2, 0) is 17.1 Å². The van der Waals surface area contributed by atoms with Crippen LogP contribution in [0.3, 0.4) is 0 Å². The summed E-state index contributed by atoms with van der Waals surface area (Å²) in [6.45, 7) is 1.06. The highest BCUT2D eigenvalue weighted by atomic mass is 19.4. The quantitative estimate of drug-likeness (QED) is 0.669. The summed E-state index contributed by atoms with van der Waals surface area (Å²) in [4.78, 5) is 12.3. The molecule has 10 heteroatoms. The van der Waals surface area contributed by atoms with E-state index >= 15 is 0 Å². The Hall–Kier alpha value is -1.81. The Balaban J connectivity index is 1.98. The molecule has 1 unspecified atom stereocenters. The van der Waals surface area contributed by atoms with Crippen LogP contribution >= 0.6 is 0 Å². The maximum Gasteiger partial charge on any atom is 0.416 e. The second kappa shape index (κ2) is 5.87. The molecule has 1 aromatic carbocycles. The van der Waals surface area contributed by atoms with Crippen LogP contribution < -0.4 is 16.0 Å². The number of halogens is 6. The van der Waals surface area contributed by atoms with Gasteiger partial charge in [-0.3, -0.25) is 10.1 Å². The molecular formula is C15H15F6N3O. The third kappa shape index (κ3) is 3.45. The molecule has 2 saturated heterocycles. The van der Waals surface area contributed by atoms with Gasteiger partial charge in [-0.15, -0.1) is 0 Å². The summed E-state index contributed by atoms with van der Waals surface area (Å²) in [6, 6.07) is 1.33. The van der Waals surface area contributed by atoms with E-state index < -0.39 is 41.1 Å². The van der Waals surface area contributed by atoms with Gasteiger partial charge in [0.05, 0.1) is 11.1 Å². The molecule has 2 fully saturated rings. The first-order chi connectivity index (χ1) is 11.5. The first-order valence-corrected chi connectivity index (χ1v) is 7.60. The van der Waals surface area contributed by atoms with E-state index in [1.165, 1.54) is 0 Å². The highest BCUT2D eigenvalue weighted by molar-refractivity contribution is 5.89. The Morgan fingerprint density at radius 1 is 0.920 bits per heavy atom.